The number of fused-ring (bicyclic) bond motifs is 1. The maximum Gasteiger partial charge on any atom is 0.243 e. The molecule has 128 valence electrons. The highest BCUT2D eigenvalue weighted by Gasteiger charge is 2.31. The van der Waals surface area contributed by atoms with E-state index in [1.54, 1.807) is 12.1 Å². The van der Waals surface area contributed by atoms with Crippen LogP contribution in [0.1, 0.15) is 24.0 Å². The van der Waals surface area contributed by atoms with Gasteiger partial charge in [-0.25, -0.2) is 16.8 Å². The highest BCUT2D eigenvalue weighted by atomic mass is 32.2. The average Bonchev–Trinajstić information content (AvgIpc) is 2.53. The predicted octanol–water partition coefficient (Wildman–Crippen LogP) is 0.831. The van der Waals surface area contributed by atoms with E-state index < -0.39 is 20.0 Å². The topological polar surface area (TPSA) is 74.8 Å². The second-order valence-electron chi connectivity index (χ2n) is 6.20. The zero-order chi connectivity index (χ0) is 16.7. The number of benzene rings is 1. The molecule has 1 aliphatic heterocycles. The normalized spacial score (nSPS) is 21.1. The van der Waals surface area contributed by atoms with Gasteiger partial charge in [-0.1, -0.05) is 6.07 Å². The van der Waals surface area contributed by atoms with E-state index in [2.05, 4.69) is 0 Å². The van der Waals surface area contributed by atoms with Gasteiger partial charge in [0.2, 0.25) is 20.0 Å². The smallest absolute Gasteiger partial charge is 0.213 e. The number of rotatable bonds is 3. The van der Waals surface area contributed by atoms with Crippen LogP contribution in [0, 0.1) is 0 Å². The molecule has 0 unspecified atom stereocenters. The summed E-state index contributed by atoms with van der Waals surface area (Å²) in [6, 6.07) is 5.41. The Hall–Kier alpha value is -0.960. The SMILES string of the molecule is CS(=O)(=O)N1CCN(S(=O)(=O)c2ccc3c(c2)CCCC3)CC1. The average molecular weight is 358 g/mol. The molecule has 23 heavy (non-hydrogen) atoms. The summed E-state index contributed by atoms with van der Waals surface area (Å²) < 4.78 is 51.4. The number of hydrogen-bond acceptors (Lipinski definition) is 4. The molecule has 0 atom stereocenters. The minimum absolute atomic E-state index is 0.201. The molecular formula is C15H22N2O4S2. The van der Waals surface area contributed by atoms with Gasteiger partial charge in [0.25, 0.3) is 0 Å². The van der Waals surface area contributed by atoms with Crippen molar-refractivity contribution in [1.82, 2.24) is 8.61 Å². The van der Waals surface area contributed by atoms with Crippen LogP contribution in [0.25, 0.3) is 0 Å². The maximum absolute atomic E-state index is 12.8. The molecular weight excluding hydrogens is 336 g/mol. The van der Waals surface area contributed by atoms with Gasteiger partial charge in [-0.3, -0.25) is 0 Å². The van der Waals surface area contributed by atoms with Crippen LogP contribution in [-0.2, 0) is 32.9 Å². The first-order chi connectivity index (χ1) is 10.8. The zero-order valence-electron chi connectivity index (χ0n) is 13.2. The number of sulfonamides is 2. The Morgan fingerprint density at radius 1 is 0.826 bits per heavy atom. The number of aryl methyl sites for hydroxylation is 2. The lowest BCUT2D eigenvalue weighted by atomic mass is 9.92. The third-order valence-corrected chi connectivity index (χ3v) is 7.82. The van der Waals surface area contributed by atoms with Crippen LogP contribution in [0.2, 0.25) is 0 Å². The largest absolute Gasteiger partial charge is 0.243 e. The maximum atomic E-state index is 12.8. The second-order valence-corrected chi connectivity index (χ2v) is 10.1. The van der Waals surface area contributed by atoms with E-state index in [-0.39, 0.29) is 26.2 Å². The molecule has 3 rings (SSSR count). The van der Waals surface area contributed by atoms with Crippen molar-refractivity contribution in [2.75, 3.05) is 32.4 Å². The van der Waals surface area contributed by atoms with Gasteiger partial charge >= 0.3 is 0 Å². The van der Waals surface area contributed by atoms with E-state index in [1.807, 2.05) is 6.07 Å². The summed E-state index contributed by atoms with van der Waals surface area (Å²) in [6.07, 6.45) is 5.36. The van der Waals surface area contributed by atoms with E-state index in [4.69, 9.17) is 0 Å². The lowest BCUT2D eigenvalue weighted by molar-refractivity contribution is 0.274. The molecule has 1 aromatic rings. The van der Waals surface area contributed by atoms with E-state index in [9.17, 15) is 16.8 Å². The monoisotopic (exact) mass is 358 g/mol. The van der Waals surface area contributed by atoms with Crippen LogP contribution in [-0.4, -0.2) is 57.9 Å². The predicted molar refractivity (Wildman–Crippen MR) is 88.3 cm³/mol. The van der Waals surface area contributed by atoms with Crippen LogP contribution in [0.15, 0.2) is 23.1 Å². The summed E-state index contributed by atoms with van der Waals surface area (Å²) >= 11 is 0. The zero-order valence-corrected chi connectivity index (χ0v) is 14.9. The molecule has 0 saturated carbocycles. The Kier molecular flexibility index (Phi) is 4.52. The molecule has 0 aromatic heterocycles. The lowest BCUT2D eigenvalue weighted by Gasteiger charge is -2.32. The minimum Gasteiger partial charge on any atom is -0.213 e. The molecule has 1 aliphatic carbocycles. The van der Waals surface area contributed by atoms with Gasteiger partial charge in [-0.2, -0.15) is 8.61 Å². The van der Waals surface area contributed by atoms with Crippen molar-refractivity contribution in [2.45, 2.75) is 30.6 Å². The van der Waals surface area contributed by atoms with Gasteiger partial charge in [0.05, 0.1) is 11.2 Å². The van der Waals surface area contributed by atoms with Crippen LogP contribution in [0.3, 0.4) is 0 Å². The fraction of sp³-hybridized carbons (Fsp3) is 0.600. The van der Waals surface area contributed by atoms with Gasteiger partial charge in [0, 0.05) is 26.2 Å². The first-order valence-corrected chi connectivity index (χ1v) is 11.1. The first-order valence-electron chi connectivity index (χ1n) is 7.85. The summed E-state index contributed by atoms with van der Waals surface area (Å²) in [5.41, 5.74) is 2.38. The van der Waals surface area contributed by atoms with E-state index >= 15 is 0 Å². The van der Waals surface area contributed by atoms with Gasteiger partial charge in [-0.15, -0.1) is 0 Å². The van der Waals surface area contributed by atoms with E-state index in [0.29, 0.717) is 4.90 Å². The van der Waals surface area contributed by atoms with E-state index in [0.717, 1.165) is 37.5 Å². The Labute approximate surface area is 138 Å². The molecule has 0 amide bonds. The summed E-state index contributed by atoms with van der Waals surface area (Å²) in [7, 11) is -6.81. The van der Waals surface area contributed by atoms with Crippen LogP contribution >= 0.6 is 0 Å². The van der Waals surface area contributed by atoms with Gasteiger partial charge in [0.15, 0.2) is 0 Å². The summed E-state index contributed by atoms with van der Waals surface area (Å²) in [6.45, 7) is 0.824. The van der Waals surface area contributed by atoms with Gasteiger partial charge < -0.3 is 0 Å². The molecule has 1 saturated heterocycles. The van der Waals surface area contributed by atoms with Crippen molar-refractivity contribution in [1.29, 1.82) is 0 Å². The van der Waals surface area contributed by atoms with Gasteiger partial charge in [0.1, 0.15) is 0 Å². The number of piperazine rings is 1. The van der Waals surface area contributed by atoms with Gasteiger partial charge in [-0.05, 0) is 48.9 Å². The number of nitrogens with zero attached hydrogens (tertiary/aromatic N) is 2. The van der Waals surface area contributed by atoms with E-state index in [1.165, 1.54) is 14.2 Å². The lowest BCUT2D eigenvalue weighted by Crippen LogP contribution is -2.50. The molecule has 6 nitrogen and oxygen atoms in total. The molecule has 8 heteroatoms. The van der Waals surface area contributed by atoms with Crippen LogP contribution < -0.4 is 0 Å². The number of hydrogen-bond donors (Lipinski definition) is 0. The van der Waals surface area contributed by atoms with Crippen molar-refractivity contribution in [3.05, 3.63) is 29.3 Å². The fourth-order valence-electron chi connectivity index (χ4n) is 3.26. The van der Waals surface area contributed by atoms with Crippen molar-refractivity contribution in [3.63, 3.8) is 0 Å². The van der Waals surface area contributed by atoms with Crippen molar-refractivity contribution >= 4 is 20.0 Å². The quantitative estimate of drug-likeness (QED) is 0.802. The van der Waals surface area contributed by atoms with Crippen molar-refractivity contribution in [3.8, 4) is 0 Å². The summed E-state index contributed by atoms with van der Waals surface area (Å²) in [5.74, 6) is 0. The summed E-state index contributed by atoms with van der Waals surface area (Å²) in [4.78, 5) is 0.325. The minimum atomic E-state index is -3.55. The molecule has 0 N–H and O–H groups in total. The van der Waals surface area contributed by atoms with Crippen molar-refractivity contribution in [2.24, 2.45) is 0 Å². The molecule has 0 radical (unpaired) electrons. The van der Waals surface area contributed by atoms with Crippen molar-refractivity contribution < 1.29 is 16.8 Å². The van der Waals surface area contributed by atoms with Crippen LogP contribution in [0.5, 0.6) is 0 Å². The molecule has 1 fully saturated rings. The molecule has 1 heterocycles. The molecule has 0 spiro atoms. The third kappa shape index (κ3) is 3.45. The second kappa shape index (κ2) is 6.16. The fourth-order valence-corrected chi connectivity index (χ4v) is 5.56. The first kappa shape index (κ1) is 16.9. The molecule has 0 bridgehead atoms. The highest BCUT2D eigenvalue weighted by molar-refractivity contribution is 7.89. The Bertz CT molecular complexity index is 795. The summed E-state index contributed by atoms with van der Waals surface area (Å²) in [5, 5.41) is 0. The van der Waals surface area contributed by atoms with Crippen LogP contribution in [0.4, 0.5) is 0 Å². The Morgan fingerprint density at radius 3 is 2.00 bits per heavy atom. The highest BCUT2D eigenvalue weighted by Crippen LogP contribution is 2.26. The molecule has 2 aliphatic rings. The molecule has 1 aromatic carbocycles. The Balaban J connectivity index is 1.80. The Morgan fingerprint density at radius 2 is 1.39 bits per heavy atom. The standard InChI is InChI=1S/C15H22N2O4S2/c1-22(18,19)16-8-10-17(11-9-16)23(20,21)15-7-6-13-4-2-3-5-14(13)12-15/h6-7,12H,2-5,8-11H2,1H3. The third-order valence-electron chi connectivity index (χ3n) is 4.62.